The molecule has 1 aliphatic rings. The molecule has 0 fully saturated rings. The standard InChI is InChI=1S/C25H32N2O3/c1-17(2)13-24(28)27-16-21-8-6-5-7-19(21)15-22(27)25(29)26-12-11-20-14-18(3)9-10-23(20)30-4/h5-10,14,17,22H,11-13,15-16H2,1-4H3,(H,26,29). The molecule has 5 nitrogen and oxygen atoms in total. The van der Waals surface area contributed by atoms with Crippen LogP contribution in [0.25, 0.3) is 0 Å². The highest BCUT2D eigenvalue weighted by molar-refractivity contribution is 5.88. The van der Waals surface area contributed by atoms with E-state index in [-0.39, 0.29) is 17.7 Å². The van der Waals surface area contributed by atoms with Gasteiger partial charge in [0.2, 0.25) is 11.8 Å². The minimum atomic E-state index is -0.467. The number of hydrogen-bond acceptors (Lipinski definition) is 3. The molecule has 0 aliphatic carbocycles. The Morgan fingerprint density at radius 3 is 2.60 bits per heavy atom. The number of carbonyl (C=O) groups excluding carboxylic acids is 2. The third-order valence-corrected chi connectivity index (χ3v) is 5.58. The van der Waals surface area contributed by atoms with E-state index in [1.54, 1.807) is 12.0 Å². The van der Waals surface area contributed by atoms with Crippen LogP contribution in [-0.4, -0.2) is 36.4 Å². The summed E-state index contributed by atoms with van der Waals surface area (Å²) in [6.07, 6.45) is 1.69. The van der Waals surface area contributed by atoms with Crippen LogP contribution in [0.15, 0.2) is 42.5 Å². The molecule has 3 rings (SSSR count). The number of ether oxygens (including phenoxy) is 1. The summed E-state index contributed by atoms with van der Waals surface area (Å²) in [5, 5.41) is 3.05. The van der Waals surface area contributed by atoms with Gasteiger partial charge in [-0.1, -0.05) is 55.8 Å². The Hall–Kier alpha value is -2.82. The van der Waals surface area contributed by atoms with Crippen molar-refractivity contribution >= 4 is 11.8 Å². The molecule has 0 saturated carbocycles. The second-order valence-electron chi connectivity index (χ2n) is 8.46. The zero-order valence-corrected chi connectivity index (χ0v) is 18.4. The first-order chi connectivity index (χ1) is 14.4. The number of fused-ring (bicyclic) bond motifs is 1. The predicted octanol–water partition coefficient (Wildman–Crippen LogP) is 3.66. The van der Waals surface area contributed by atoms with Crippen molar-refractivity contribution in [3.8, 4) is 5.75 Å². The van der Waals surface area contributed by atoms with Crippen molar-refractivity contribution in [2.45, 2.75) is 52.6 Å². The zero-order valence-electron chi connectivity index (χ0n) is 18.4. The Balaban J connectivity index is 1.70. The van der Waals surface area contributed by atoms with E-state index in [2.05, 4.69) is 17.4 Å². The molecule has 0 saturated heterocycles. The fourth-order valence-electron chi connectivity index (χ4n) is 4.03. The van der Waals surface area contributed by atoms with E-state index in [4.69, 9.17) is 4.74 Å². The summed E-state index contributed by atoms with van der Waals surface area (Å²) in [5.74, 6) is 1.04. The van der Waals surface area contributed by atoms with Gasteiger partial charge in [0.15, 0.2) is 0 Å². The molecule has 5 heteroatoms. The van der Waals surface area contributed by atoms with Gasteiger partial charge >= 0.3 is 0 Å². The highest BCUT2D eigenvalue weighted by Gasteiger charge is 2.34. The third-order valence-electron chi connectivity index (χ3n) is 5.58. The molecular formula is C25H32N2O3. The van der Waals surface area contributed by atoms with Crippen molar-refractivity contribution < 1.29 is 14.3 Å². The Morgan fingerprint density at radius 1 is 1.17 bits per heavy atom. The summed E-state index contributed by atoms with van der Waals surface area (Å²) < 4.78 is 5.43. The van der Waals surface area contributed by atoms with Crippen molar-refractivity contribution in [3.05, 3.63) is 64.7 Å². The summed E-state index contributed by atoms with van der Waals surface area (Å²) in [5.41, 5.74) is 4.50. The number of rotatable bonds is 7. The normalized spacial score (nSPS) is 15.6. The average Bonchev–Trinajstić information content (AvgIpc) is 2.72. The van der Waals surface area contributed by atoms with Gasteiger partial charge in [-0.15, -0.1) is 0 Å². The Morgan fingerprint density at radius 2 is 1.90 bits per heavy atom. The Labute approximate surface area is 179 Å². The van der Waals surface area contributed by atoms with Crippen LogP contribution in [0, 0.1) is 12.8 Å². The van der Waals surface area contributed by atoms with Crippen molar-refractivity contribution in [2.24, 2.45) is 5.92 Å². The van der Waals surface area contributed by atoms with Crippen LogP contribution >= 0.6 is 0 Å². The first-order valence-corrected chi connectivity index (χ1v) is 10.7. The number of hydrogen-bond donors (Lipinski definition) is 1. The van der Waals surface area contributed by atoms with Crippen LogP contribution < -0.4 is 10.1 Å². The number of nitrogens with one attached hydrogen (secondary N) is 1. The highest BCUT2D eigenvalue weighted by Crippen LogP contribution is 2.25. The van der Waals surface area contributed by atoms with E-state index >= 15 is 0 Å². The maximum atomic E-state index is 13.1. The first-order valence-electron chi connectivity index (χ1n) is 10.7. The van der Waals surface area contributed by atoms with E-state index in [1.807, 2.05) is 51.1 Å². The minimum Gasteiger partial charge on any atom is -0.496 e. The van der Waals surface area contributed by atoms with E-state index in [0.29, 0.717) is 32.4 Å². The molecule has 1 heterocycles. The SMILES string of the molecule is COc1ccc(C)cc1CCNC(=O)C1Cc2ccccc2CN1C(=O)CC(C)C. The van der Waals surface area contributed by atoms with Crippen LogP contribution in [0.4, 0.5) is 0 Å². The maximum absolute atomic E-state index is 13.1. The van der Waals surface area contributed by atoms with E-state index in [1.165, 1.54) is 0 Å². The molecular weight excluding hydrogens is 376 g/mol. The summed E-state index contributed by atoms with van der Waals surface area (Å²) in [4.78, 5) is 27.7. The first kappa shape index (κ1) is 21.9. The number of nitrogens with zero attached hydrogens (tertiary/aromatic N) is 1. The highest BCUT2D eigenvalue weighted by atomic mass is 16.5. The summed E-state index contributed by atoms with van der Waals surface area (Å²) in [6, 6.07) is 13.7. The molecule has 2 aromatic rings. The van der Waals surface area contributed by atoms with Crippen LogP contribution in [0.5, 0.6) is 5.75 Å². The average molecular weight is 409 g/mol. The summed E-state index contributed by atoms with van der Waals surface area (Å²) in [6.45, 7) is 7.09. The molecule has 160 valence electrons. The summed E-state index contributed by atoms with van der Waals surface area (Å²) in [7, 11) is 1.66. The van der Waals surface area contributed by atoms with Gasteiger partial charge in [0.1, 0.15) is 11.8 Å². The van der Waals surface area contributed by atoms with Gasteiger partial charge in [-0.05, 0) is 42.0 Å². The van der Waals surface area contributed by atoms with E-state index in [9.17, 15) is 9.59 Å². The van der Waals surface area contributed by atoms with Crippen LogP contribution in [-0.2, 0) is 29.0 Å². The minimum absolute atomic E-state index is 0.0417. The molecule has 2 amide bonds. The molecule has 0 spiro atoms. The Kier molecular flexibility index (Phi) is 7.14. The number of carbonyl (C=O) groups is 2. The second kappa shape index (κ2) is 9.79. The van der Waals surface area contributed by atoms with Crippen molar-refractivity contribution in [2.75, 3.05) is 13.7 Å². The predicted molar refractivity (Wildman–Crippen MR) is 118 cm³/mol. The molecule has 0 bridgehead atoms. The topological polar surface area (TPSA) is 58.6 Å². The van der Waals surface area contributed by atoms with Gasteiger partial charge < -0.3 is 15.0 Å². The lowest BCUT2D eigenvalue weighted by molar-refractivity contribution is -0.142. The molecule has 0 aromatic heterocycles. The molecule has 1 N–H and O–H groups in total. The third kappa shape index (κ3) is 5.21. The number of amides is 2. The second-order valence-corrected chi connectivity index (χ2v) is 8.46. The Bertz CT molecular complexity index is 907. The molecule has 0 radical (unpaired) electrons. The quantitative estimate of drug-likeness (QED) is 0.761. The molecule has 1 aliphatic heterocycles. The van der Waals surface area contributed by atoms with Crippen molar-refractivity contribution in [3.63, 3.8) is 0 Å². The van der Waals surface area contributed by atoms with Gasteiger partial charge in [-0.2, -0.15) is 0 Å². The van der Waals surface area contributed by atoms with Gasteiger partial charge in [0.25, 0.3) is 0 Å². The summed E-state index contributed by atoms with van der Waals surface area (Å²) >= 11 is 0. The number of benzene rings is 2. The largest absolute Gasteiger partial charge is 0.496 e. The smallest absolute Gasteiger partial charge is 0.243 e. The van der Waals surface area contributed by atoms with Crippen LogP contribution in [0.3, 0.4) is 0 Å². The van der Waals surface area contributed by atoms with E-state index in [0.717, 1.165) is 28.0 Å². The number of methoxy groups -OCH3 is 1. The van der Waals surface area contributed by atoms with Crippen molar-refractivity contribution in [1.82, 2.24) is 10.2 Å². The van der Waals surface area contributed by atoms with Gasteiger partial charge in [-0.25, -0.2) is 0 Å². The monoisotopic (exact) mass is 408 g/mol. The molecule has 1 atom stereocenters. The van der Waals surface area contributed by atoms with Crippen LogP contribution in [0.1, 0.15) is 42.5 Å². The lowest BCUT2D eigenvalue weighted by Crippen LogP contribution is -2.53. The zero-order chi connectivity index (χ0) is 21.7. The van der Waals surface area contributed by atoms with Crippen molar-refractivity contribution in [1.29, 1.82) is 0 Å². The van der Waals surface area contributed by atoms with Gasteiger partial charge in [-0.3, -0.25) is 9.59 Å². The maximum Gasteiger partial charge on any atom is 0.243 e. The van der Waals surface area contributed by atoms with Crippen LogP contribution in [0.2, 0.25) is 0 Å². The lowest BCUT2D eigenvalue weighted by Gasteiger charge is -2.36. The lowest BCUT2D eigenvalue weighted by atomic mass is 9.92. The molecule has 30 heavy (non-hydrogen) atoms. The molecule has 1 unspecified atom stereocenters. The number of aryl methyl sites for hydroxylation is 1. The molecule has 2 aromatic carbocycles. The fourth-order valence-corrected chi connectivity index (χ4v) is 4.03. The fraction of sp³-hybridized carbons (Fsp3) is 0.440. The van der Waals surface area contributed by atoms with Gasteiger partial charge in [0, 0.05) is 25.9 Å². The van der Waals surface area contributed by atoms with Gasteiger partial charge in [0.05, 0.1) is 7.11 Å². The van der Waals surface area contributed by atoms with E-state index < -0.39 is 6.04 Å².